The zero-order valence-corrected chi connectivity index (χ0v) is 11.2. The number of imidazole rings is 1. The van der Waals surface area contributed by atoms with Gasteiger partial charge in [-0.05, 0) is 36.8 Å². The standard InChI is InChI=1S/C13H13FN4S/c1-9-7-15-17(8-9)5-6-18-11-4-2-3-10(14)12(11)16-13(18)19/h2-4,7-8H,5-6H2,1H3,(H,16,19). The highest BCUT2D eigenvalue weighted by molar-refractivity contribution is 7.71. The van der Waals surface area contributed by atoms with Crippen LogP contribution in [0.4, 0.5) is 4.39 Å². The molecule has 0 saturated carbocycles. The molecule has 0 spiro atoms. The third-order valence-electron chi connectivity index (χ3n) is 3.07. The van der Waals surface area contributed by atoms with Gasteiger partial charge in [0.2, 0.25) is 0 Å². The second kappa shape index (κ2) is 4.62. The smallest absolute Gasteiger partial charge is 0.178 e. The predicted octanol–water partition coefficient (Wildman–Crippen LogP) is 3.04. The maximum absolute atomic E-state index is 13.6. The number of hydrogen-bond donors (Lipinski definition) is 1. The third kappa shape index (κ3) is 2.19. The molecule has 19 heavy (non-hydrogen) atoms. The number of rotatable bonds is 3. The topological polar surface area (TPSA) is 38.5 Å². The summed E-state index contributed by atoms with van der Waals surface area (Å²) in [5.74, 6) is -0.280. The fourth-order valence-electron chi connectivity index (χ4n) is 2.16. The van der Waals surface area contributed by atoms with Gasteiger partial charge in [-0.25, -0.2) is 4.39 Å². The van der Waals surface area contributed by atoms with Gasteiger partial charge in [0.05, 0.1) is 18.3 Å². The fraction of sp³-hybridized carbons (Fsp3) is 0.231. The molecule has 0 aliphatic rings. The molecule has 0 radical (unpaired) electrons. The Morgan fingerprint density at radius 3 is 2.95 bits per heavy atom. The Morgan fingerprint density at radius 1 is 1.37 bits per heavy atom. The van der Waals surface area contributed by atoms with Crippen molar-refractivity contribution in [2.45, 2.75) is 20.0 Å². The zero-order chi connectivity index (χ0) is 13.4. The van der Waals surface area contributed by atoms with Crippen LogP contribution in [0.5, 0.6) is 0 Å². The Labute approximate surface area is 114 Å². The lowest BCUT2D eigenvalue weighted by molar-refractivity contribution is 0.537. The second-order valence-corrected chi connectivity index (χ2v) is 4.88. The van der Waals surface area contributed by atoms with Crippen LogP contribution in [0.2, 0.25) is 0 Å². The van der Waals surface area contributed by atoms with Crippen LogP contribution in [0, 0.1) is 17.5 Å². The summed E-state index contributed by atoms with van der Waals surface area (Å²) >= 11 is 5.24. The van der Waals surface area contributed by atoms with Crippen molar-refractivity contribution in [3.8, 4) is 0 Å². The van der Waals surface area contributed by atoms with Crippen LogP contribution in [0.25, 0.3) is 11.0 Å². The molecule has 3 rings (SSSR count). The minimum atomic E-state index is -0.280. The molecule has 2 heterocycles. The monoisotopic (exact) mass is 276 g/mol. The molecule has 1 aromatic carbocycles. The van der Waals surface area contributed by atoms with Crippen molar-refractivity contribution in [1.82, 2.24) is 19.3 Å². The van der Waals surface area contributed by atoms with Crippen molar-refractivity contribution >= 4 is 23.3 Å². The molecule has 1 N–H and O–H groups in total. The van der Waals surface area contributed by atoms with E-state index < -0.39 is 0 Å². The molecule has 0 atom stereocenters. The minimum Gasteiger partial charge on any atom is -0.328 e. The molecular formula is C13H13FN4S. The van der Waals surface area contributed by atoms with Gasteiger partial charge in [-0.2, -0.15) is 5.10 Å². The number of aromatic amines is 1. The normalized spacial score (nSPS) is 11.3. The summed E-state index contributed by atoms with van der Waals surface area (Å²) in [6, 6.07) is 4.97. The largest absolute Gasteiger partial charge is 0.328 e. The van der Waals surface area contributed by atoms with Gasteiger partial charge < -0.3 is 9.55 Å². The average molecular weight is 276 g/mol. The summed E-state index contributed by atoms with van der Waals surface area (Å²) in [7, 11) is 0. The van der Waals surface area contributed by atoms with E-state index in [-0.39, 0.29) is 5.82 Å². The first kappa shape index (κ1) is 12.1. The molecule has 0 unspecified atom stereocenters. The molecule has 0 bridgehead atoms. The lowest BCUT2D eigenvalue weighted by atomic mass is 10.3. The van der Waals surface area contributed by atoms with Gasteiger partial charge in [-0.1, -0.05) is 6.07 Å². The zero-order valence-electron chi connectivity index (χ0n) is 10.4. The quantitative estimate of drug-likeness (QED) is 0.747. The Morgan fingerprint density at radius 2 is 2.21 bits per heavy atom. The minimum absolute atomic E-state index is 0.280. The SMILES string of the molecule is Cc1cnn(CCn2c(=S)[nH]c3c(F)cccc32)c1. The number of fused-ring (bicyclic) bond motifs is 1. The summed E-state index contributed by atoms with van der Waals surface area (Å²) in [6.07, 6.45) is 3.78. The van der Waals surface area contributed by atoms with Gasteiger partial charge in [0.1, 0.15) is 11.3 Å². The molecule has 3 aromatic rings. The van der Waals surface area contributed by atoms with Crippen LogP contribution in [0.1, 0.15) is 5.56 Å². The molecule has 2 aromatic heterocycles. The summed E-state index contributed by atoms with van der Waals surface area (Å²) in [4.78, 5) is 2.91. The molecule has 0 amide bonds. The number of halogens is 1. The number of H-pyrrole nitrogens is 1. The molecule has 6 heteroatoms. The number of benzene rings is 1. The van der Waals surface area contributed by atoms with E-state index >= 15 is 0 Å². The molecule has 98 valence electrons. The van der Waals surface area contributed by atoms with E-state index in [1.165, 1.54) is 6.07 Å². The van der Waals surface area contributed by atoms with Crippen molar-refractivity contribution in [2.75, 3.05) is 0 Å². The van der Waals surface area contributed by atoms with E-state index in [9.17, 15) is 4.39 Å². The Kier molecular flexibility index (Phi) is 2.94. The van der Waals surface area contributed by atoms with E-state index in [1.807, 2.05) is 34.6 Å². The van der Waals surface area contributed by atoms with Crippen molar-refractivity contribution in [3.05, 3.63) is 46.7 Å². The molecular weight excluding hydrogens is 263 g/mol. The van der Waals surface area contributed by atoms with Gasteiger partial charge in [-0.15, -0.1) is 0 Å². The van der Waals surface area contributed by atoms with Crippen LogP contribution in [-0.2, 0) is 13.1 Å². The van der Waals surface area contributed by atoms with Crippen molar-refractivity contribution in [3.63, 3.8) is 0 Å². The lowest BCUT2D eigenvalue weighted by Crippen LogP contribution is -2.07. The number of nitrogens with one attached hydrogen (secondary N) is 1. The number of nitrogens with zero attached hydrogens (tertiary/aromatic N) is 3. The summed E-state index contributed by atoms with van der Waals surface area (Å²) in [5.41, 5.74) is 2.37. The van der Waals surface area contributed by atoms with Crippen LogP contribution < -0.4 is 0 Å². The van der Waals surface area contributed by atoms with E-state index in [0.29, 0.717) is 23.4 Å². The molecule has 0 aliphatic carbocycles. The second-order valence-electron chi connectivity index (χ2n) is 4.50. The van der Waals surface area contributed by atoms with E-state index in [1.54, 1.807) is 6.07 Å². The number of para-hydroxylation sites is 1. The van der Waals surface area contributed by atoms with Gasteiger partial charge >= 0.3 is 0 Å². The fourth-order valence-corrected chi connectivity index (χ4v) is 2.45. The molecule has 0 fully saturated rings. The van der Waals surface area contributed by atoms with Gasteiger partial charge in [-0.3, -0.25) is 4.68 Å². The Hall–Kier alpha value is -1.95. The average Bonchev–Trinajstić information content (AvgIpc) is 2.92. The van der Waals surface area contributed by atoms with Gasteiger partial charge in [0.25, 0.3) is 0 Å². The Balaban J connectivity index is 1.95. The summed E-state index contributed by atoms with van der Waals surface area (Å²) < 4.78 is 17.9. The number of hydrogen-bond acceptors (Lipinski definition) is 2. The number of aryl methyl sites for hydroxylation is 3. The van der Waals surface area contributed by atoms with Crippen LogP contribution >= 0.6 is 12.2 Å². The maximum Gasteiger partial charge on any atom is 0.178 e. The van der Waals surface area contributed by atoms with Crippen molar-refractivity contribution in [1.29, 1.82) is 0 Å². The lowest BCUT2D eigenvalue weighted by Gasteiger charge is -2.04. The maximum atomic E-state index is 13.6. The first-order valence-electron chi connectivity index (χ1n) is 6.01. The van der Waals surface area contributed by atoms with Crippen molar-refractivity contribution < 1.29 is 4.39 Å². The number of aromatic nitrogens is 4. The first-order valence-corrected chi connectivity index (χ1v) is 6.42. The van der Waals surface area contributed by atoms with E-state index in [0.717, 1.165) is 11.1 Å². The molecule has 4 nitrogen and oxygen atoms in total. The van der Waals surface area contributed by atoms with E-state index in [4.69, 9.17) is 12.2 Å². The first-order chi connectivity index (χ1) is 9.15. The van der Waals surface area contributed by atoms with Crippen LogP contribution in [-0.4, -0.2) is 19.3 Å². The van der Waals surface area contributed by atoms with Crippen LogP contribution in [0.15, 0.2) is 30.6 Å². The predicted molar refractivity (Wildman–Crippen MR) is 74.0 cm³/mol. The molecule has 0 saturated heterocycles. The highest BCUT2D eigenvalue weighted by Gasteiger charge is 2.08. The van der Waals surface area contributed by atoms with Gasteiger partial charge in [0.15, 0.2) is 4.77 Å². The van der Waals surface area contributed by atoms with Crippen molar-refractivity contribution in [2.24, 2.45) is 0 Å². The summed E-state index contributed by atoms with van der Waals surface area (Å²) in [5, 5.41) is 4.23. The highest BCUT2D eigenvalue weighted by atomic mass is 32.1. The van der Waals surface area contributed by atoms with E-state index in [2.05, 4.69) is 10.1 Å². The Bertz CT molecular complexity index is 783. The van der Waals surface area contributed by atoms with Gasteiger partial charge in [0, 0.05) is 12.7 Å². The van der Waals surface area contributed by atoms with Crippen LogP contribution in [0.3, 0.4) is 0 Å². The molecule has 0 aliphatic heterocycles. The highest BCUT2D eigenvalue weighted by Crippen LogP contribution is 2.17. The third-order valence-corrected chi connectivity index (χ3v) is 3.40. The summed E-state index contributed by atoms with van der Waals surface area (Å²) in [6.45, 7) is 3.35.